The lowest BCUT2D eigenvalue weighted by molar-refractivity contribution is -0.136. The molecule has 1 aromatic carbocycles. The molecule has 0 aliphatic heterocycles. The van der Waals surface area contributed by atoms with Gasteiger partial charge in [0.2, 0.25) is 5.89 Å². The summed E-state index contributed by atoms with van der Waals surface area (Å²) in [6.07, 6.45) is -9.76. The summed E-state index contributed by atoms with van der Waals surface area (Å²) in [5.41, 5.74) is 2.10. The highest BCUT2D eigenvalue weighted by atomic mass is 19.4. The number of hydrogen-bond donors (Lipinski definition) is 3. The number of carbonyl (C=O) groups is 2. The van der Waals surface area contributed by atoms with Gasteiger partial charge in [0.25, 0.3) is 0 Å². The molecule has 0 aliphatic carbocycles. The first-order chi connectivity index (χ1) is 14.8. The van der Waals surface area contributed by atoms with Gasteiger partial charge in [-0.25, -0.2) is 14.4 Å². The summed E-state index contributed by atoms with van der Waals surface area (Å²) >= 11 is 0. The van der Waals surface area contributed by atoms with Crippen LogP contribution in [0.2, 0.25) is 0 Å². The van der Waals surface area contributed by atoms with E-state index >= 15 is 0 Å². The van der Waals surface area contributed by atoms with Crippen LogP contribution in [0.25, 0.3) is 4.85 Å². The third-order valence-corrected chi connectivity index (χ3v) is 3.62. The number of aromatic nitrogens is 2. The van der Waals surface area contributed by atoms with Crippen molar-refractivity contribution in [3.63, 3.8) is 0 Å². The maximum atomic E-state index is 13.2. The van der Waals surface area contributed by atoms with Gasteiger partial charge in [0, 0.05) is 5.69 Å². The number of anilines is 1. The molecule has 0 unspecified atom stereocenters. The van der Waals surface area contributed by atoms with Gasteiger partial charge in [-0.1, -0.05) is 11.2 Å². The molecule has 4 N–H and O–H groups in total. The quantitative estimate of drug-likeness (QED) is 0.444. The lowest BCUT2D eigenvalue weighted by atomic mass is 10.1. The highest BCUT2D eigenvalue weighted by molar-refractivity contribution is 5.92. The number of carbonyl (C=O) groups excluding carboxylic acids is 2. The number of amides is 4. The van der Waals surface area contributed by atoms with Crippen LogP contribution >= 0.6 is 0 Å². The molecule has 1 heterocycles. The van der Waals surface area contributed by atoms with Crippen LogP contribution < -0.4 is 21.3 Å². The zero-order valence-electron chi connectivity index (χ0n) is 15.7. The molecule has 4 amide bonds. The molecule has 0 spiro atoms. The lowest BCUT2D eigenvalue weighted by Gasteiger charge is -2.25. The van der Waals surface area contributed by atoms with Gasteiger partial charge < -0.3 is 20.5 Å². The van der Waals surface area contributed by atoms with Crippen LogP contribution in [0.3, 0.4) is 0 Å². The van der Waals surface area contributed by atoms with Crippen LogP contribution in [0.4, 0.5) is 47.3 Å². The molecular formula is C16H13F6N7O3. The summed E-state index contributed by atoms with van der Waals surface area (Å²) in [5, 5.41) is 7.21. The molecule has 172 valence electrons. The molecule has 0 saturated carbocycles. The molecule has 1 aromatic heterocycles. The SMILES string of the molecule is [C-]#[N+]c1ccc(N(Cc2noc(CNC(=O)NC(N)=O)n2)CC(F)(F)F)cc1C(F)(F)F. The average molecular weight is 465 g/mol. The maximum absolute atomic E-state index is 13.2. The number of urea groups is 2. The van der Waals surface area contributed by atoms with Gasteiger partial charge in [0.1, 0.15) is 6.54 Å². The van der Waals surface area contributed by atoms with Crippen LogP contribution in [0.1, 0.15) is 17.3 Å². The number of rotatable bonds is 6. The Labute approximate surface area is 175 Å². The molecule has 0 aliphatic rings. The van der Waals surface area contributed by atoms with Gasteiger partial charge in [-0.15, -0.1) is 0 Å². The molecule has 0 atom stereocenters. The maximum Gasteiger partial charge on any atom is 0.407 e. The Balaban J connectivity index is 2.25. The van der Waals surface area contributed by atoms with E-state index in [9.17, 15) is 35.9 Å². The van der Waals surface area contributed by atoms with E-state index in [0.29, 0.717) is 11.0 Å². The predicted molar refractivity (Wildman–Crippen MR) is 94.1 cm³/mol. The number of halogens is 6. The highest BCUT2D eigenvalue weighted by Gasteiger charge is 2.36. The summed E-state index contributed by atoms with van der Waals surface area (Å²) in [4.78, 5) is 28.8. The Bertz CT molecular complexity index is 1030. The first kappa shape index (κ1) is 24.2. The van der Waals surface area contributed by atoms with Crippen molar-refractivity contribution in [2.75, 3.05) is 11.4 Å². The molecule has 0 fully saturated rings. The van der Waals surface area contributed by atoms with Gasteiger partial charge >= 0.3 is 24.4 Å². The van der Waals surface area contributed by atoms with Crippen molar-refractivity contribution in [2.24, 2.45) is 5.73 Å². The first-order valence-electron chi connectivity index (χ1n) is 8.34. The summed E-state index contributed by atoms with van der Waals surface area (Å²) in [7, 11) is 0. The lowest BCUT2D eigenvalue weighted by Crippen LogP contribution is -2.41. The molecule has 0 saturated heterocycles. The van der Waals surface area contributed by atoms with Crippen LogP contribution in [0, 0.1) is 6.57 Å². The van der Waals surface area contributed by atoms with Crippen LogP contribution in [-0.2, 0) is 19.3 Å². The predicted octanol–water partition coefficient (Wildman–Crippen LogP) is 3.09. The number of hydrogen-bond acceptors (Lipinski definition) is 6. The number of nitrogens with two attached hydrogens (primary N) is 1. The zero-order valence-corrected chi connectivity index (χ0v) is 15.7. The van der Waals surface area contributed by atoms with Gasteiger partial charge in [-0.3, -0.25) is 5.32 Å². The van der Waals surface area contributed by atoms with Gasteiger partial charge in [-0.2, -0.15) is 31.3 Å². The van der Waals surface area contributed by atoms with Crippen LogP contribution in [0.15, 0.2) is 22.7 Å². The summed E-state index contributed by atoms with van der Waals surface area (Å²) in [6, 6.07) is -0.0206. The van der Waals surface area contributed by atoms with Gasteiger partial charge in [-0.05, 0) is 12.1 Å². The monoisotopic (exact) mass is 465 g/mol. The normalized spacial score (nSPS) is 11.5. The van der Waals surface area contributed by atoms with E-state index in [4.69, 9.17) is 16.8 Å². The van der Waals surface area contributed by atoms with E-state index in [1.54, 1.807) is 5.32 Å². The molecule has 0 radical (unpaired) electrons. The Hall–Kier alpha value is -4.03. The average Bonchev–Trinajstić information content (AvgIpc) is 3.10. The summed E-state index contributed by atoms with van der Waals surface area (Å²) in [6.45, 7) is 4.05. The number of nitrogens with zero attached hydrogens (tertiary/aromatic N) is 4. The van der Waals surface area contributed by atoms with Crippen molar-refractivity contribution in [1.29, 1.82) is 0 Å². The summed E-state index contributed by atoms with van der Waals surface area (Å²) < 4.78 is 83.4. The smallest absolute Gasteiger partial charge is 0.355 e. The fourth-order valence-electron chi connectivity index (χ4n) is 2.41. The Kier molecular flexibility index (Phi) is 7.13. The van der Waals surface area contributed by atoms with E-state index in [1.165, 1.54) is 0 Å². The second-order valence-corrected chi connectivity index (χ2v) is 6.06. The third kappa shape index (κ3) is 7.04. The molecule has 2 aromatic rings. The standard InChI is InChI=1S/C16H13F6N7O3/c1-24-10-3-2-8(4-9(10)16(20,21)22)29(7-15(17,18)19)6-11-26-12(32-28-11)5-25-14(31)27-13(23)30/h2-4H,5-7H2,(H4,23,25,27,30,31). The van der Waals surface area contributed by atoms with Crippen molar-refractivity contribution in [3.8, 4) is 0 Å². The molecule has 32 heavy (non-hydrogen) atoms. The van der Waals surface area contributed by atoms with Crippen molar-refractivity contribution in [2.45, 2.75) is 25.4 Å². The number of primary amides is 1. The van der Waals surface area contributed by atoms with Crippen molar-refractivity contribution in [1.82, 2.24) is 20.8 Å². The minimum atomic E-state index is -4.96. The molecule has 0 bridgehead atoms. The number of benzene rings is 1. The van der Waals surface area contributed by atoms with Crippen molar-refractivity contribution in [3.05, 3.63) is 46.9 Å². The fraction of sp³-hybridized carbons (Fsp3) is 0.312. The zero-order chi connectivity index (χ0) is 24.1. The Morgan fingerprint density at radius 1 is 1.22 bits per heavy atom. The molecule has 2 rings (SSSR count). The fourth-order valence-corrected chi connectivity index (χ4v) is 2.41. The van der Waals surface area contributed by atoms with Gasteiger partial charge in [0.05, 0.1) is 25.2 Å². The molecular weight excluding hydrogens is 452 g/mol. The van der Waals surface area contributed by atoms with E-state index < -0.39 is 61.0 Å². The Morgan fingerprint density at radius 2 is 1.91 bits per heavy atom. The van der Waals surface area contributed by atoms with E-state index in [-0.39, 0.29) is 11.7 Å². The highest BCUT2D eigenvalue weighted by Crippen LogP contribution is 2.39. The van der Waals surface area contributed by atoms with Crippen LogP contribution in [-0.4, -0.2) is 34.9 Å². The first-order valence-corrected chi connectivity index (χ1v) is 8.34. The number of alkyl halides is 6. The largest absolute Gasteiger partial charge is 0.407 e. The number of imide groups is 1. The summed E-state index contributed by atoms with van der Waals surface area (Å²) in [5.74, 6) is -0.588. The second-order valence-electron chi connectivity index (χ2n) is 6.06. The number of nitrogens with one attached hydrogen (secondary N) is 2. The minimum absolute atomic E-state index is 0.258. The third-order valence-electron chi connectivity index (χ3n) is 3.62. The van der Waals surface area contributed by atoms with Crippen LogP contribution in [0.5, 0.6) is 0 Å². The Morgan fingerprint density at radius 3 is 2.47 bits per heavy atom. The minimum Gasteiger partial charge on any atom is -0.355 e. The van der Waals surface area contributed by atoms with Crippen molar-refractivity contribution < 1.29 is 40.5 Å². The van der Waals surface area contributed by atoms with E-state index in [2.05, 4.69) is 20.3 Å². The molecule has 10 nitrogen and oxygen atoms in total. The topological polar surface area (TPSA) is 131 Å². The second kappa shape index (κ2) is 9.41. The molecule has 16 heteroatoms. The van der Waals surface area contributed by atoms with Crippen molar-refractivity contribution >= 4 is 23.4 Å². The van der Waals surface area contributed by atoms with Gasteiger partial charge in [0.15, 0.2) is 11.5 Å². The van der Waals surface area contributed by atoms with E-state index in [0.717, 1.165) is 12.1 Å². The van der Waals surface area contributed by atoms with E-state index in [1.807, 2.05) is 0 Å².